The molecule has 1 fully saturated rings. The summed E-state index contributed by atoms with van der Waals surface area (Å²) < 4.78 is 15.1. The number of halogens is 1. The largest absolute Gasteiger partial charge is 0.323 e. The number of urea groups is 1. The lowest BCUT2D eigenvalue weighted by molar-refractivity contribution is 0.150. The first kappa shape index (κ1) is 17.4. The zero-order chi connectivity index (χ0) is 17.8. The minimum absolute atomic E-state index is 0.110. The zero-order valence-electron chi connectivity index (χ0n) is 14.7. The van der Waals surface area contributed by atoms with Crippen molar-refractivity contribution in [3.05, 3.63) is 36.4 Å². The highest BCUT2D eigenvalue weighted by Gasteiger charge is 2.27. The maximum atomic E-state index is 13.8. The number of aromatic nitrogens is 3. The fourth-order valence-corrected chi connectivity index (χ4v) is 3.29. The number of rotatable bonds is 4. The Morgan fingerprint density at radius 1 is 1.40 bits per heavy atom. The average Bonchev–Trinajstić information content (AvgIpc) is 3.03. The van der Waals surface area contributed by atoms with E-state index in [1.807, 2.05) is 4.90 Å². The molecule has 0 radical (unpaired) electrons. The van der Waals surface area contributed by atoms with Gasteiger partial charge in [0.05, 0.1) is 0 Å². The number of anilines is 1. The van der Waals surface area contributed by atoms with Crippen molar-refractivity contribution >= 4 is 11.8 Å². The van der Waals surface area contributed by atoms with Crippen molar-refractivity contribution in [2.75, 3.05) is 11.9 Å². The molecule has 0 spiro atoms. The Balaban J connectivity index is 1.69. The van der Waals surface area contributed by atoms with E-state index in [2.05, 4.69) is 29.2 Å². The average molecular weight is 345 g/mol. The van der Waals surface area contributed by atoms with Gasteiger partial charge in [0.1, 0.15) is 0 Å². The predicted molar refractivity (Wildman–Crippen MR) is 94.1 cm³/mol. The second-order valence-electron chi connectivity index (χ2n) is 6.86. The van der Waals surface area contributed by atoms with Crippen molar-refractivity contribution in [3.63, 3.8) is 0 Å². The normalized spacial score (nSPS) is 17.8. The maximum Gasteiger partial charge on any atom is 0.323 e. The molecule has 134 valence electrons. The van der Waals surface area contributed by atoms with Gasteiger partial charge in [-0.05, 0) is 43.7 Å². The zero-order valence-corrected chi connectivity index (χ0v) is 14.7. The fraction of sp³-hybridized carbons (Fsp3) is 0.500. The topological polar surface area (TPSA) is 63.1 Å². The Labute approximate surface area is 147 Å². The monoisotopic (exact) mass is 345 g/mol. The summed E-state index contributed by atoms with van der Waals surface area (Å²) in [4.78, 5) is 18.5. The van der Waals surface area contributed by atoms with Gasteiger partial charge in [-0.3, -0.25) is 5.32 Å². The molecule has 2 aromatic heterocycles. The second kappa shape index (κ2) is 7.63. The number of nitrogens with one attached hydrogen (secondary N) is 1. The van der Waals surface area contributed by atoms with Crippen LogP contribution < -0.4 is 5.32 Å². The van der Waals surface area contributed by atoms with Gasteiger partial charge in [0.2, 0.25) is 0 Å². The van der Waals surface area contributed by atoms with Gasteiger partial charge in [-0.2, -0.15) is 0 Å². The number of piperidine rings is 1. The minimum Gasteiger partial charge on any atom is -0.322 e. The summed E-state index contributed by atoms with van der Waals surface area (Å²) in [6.45, 7) is 5.11. The van der Waals surface area contributed by atoms with Crippen molar-refractivity contribution < 1.29 is 9.18 Å². The van der Waals surface area contributed by atoms with Crippen molar-refractivity contribution in [1.82, 2.24) is 19.7 Å². The summed E-state index contributed by atoms with van der Waals surface area (Å²) in [5.74, 6) is 0.587. The van der Waals surface area contributed by atoms with Gasteiger partial charge in [-0.15, -0.1) is 5.10 Å². The van der Waals surface area contributed by atoms with Crippen LogP contribution in [0.15, 0.2) is 30.6 Å². The van der Waals surface area contributed by atoms with Crippen molar-refractivity contribution in [2.24, 2.45) is 5.92 Å². The predicted octanol–water partition coefficient (Wildman–Crippen LogP) is 3.84. The van der Waals surface area contributed by atoms with E-state index >= 15 is 0 Å². The lowest BCUT2D eigenvalue weighted by Gasteiger charge is -2.36. The summed E-state index contributed by atoms with van der Waals surface area (Å²) in [6, 6.07) is 4.62. The van der Waals surface area contributed by atoms with Crippen LogP contribution in [0.25, 0.3) is 5.82 Å². The fourth-order valence-electron chi connectivity index (χ4n) is 3.29. The van der Waals surface area contributed by atoms with Crippen LogP contribution in [0, 0.1) is 11.7 Å². The van der Waals surface area contributed by atoms with Crippen LogP contribution in [0.2, 0.25) is 0 Å². The summed E-state index contributed by atoms with van der Waals surface area (Å²) >= 11 is 0. The highest BCUT2D eigenvalue weighted by atomic mass is 19.1. The quantitative estimate of drug-likeness (QED) is 0.916. The lowest BCUT2D eigenvalue weighted by atomic mass is 9.94. The third-order valence-corrected chi connectivity index (χ3v) is 4.41. The molecule has 3 heterocycles. The first-order valence-electron chi connectivity index (χ1n) is 8.79. The molecule has 0 aliphatic carbocycles. The Morgan fingerprint density at radius 2 is 2.24 bits per heavy atom. The van der Waals surface area contributed by atoms with Gasteiger partial charge < -0.3 is 4.90 Å². The Bertz CT molecular complexity index is 730. The van der Waals surface area contributed by atoms with Crippen LogP contribution in [-0.4, -0.2) is 38.3 Å². The number of carbonyl (C=O) groups is 1. The third-order valence-electron chi connectivity index (χ3n) is 4.41. The van der Waals surface area contributed by atoms with Crippen LogP contribution in [0.4, 0.5) is 15.0 Å². The molecule has 3 rings (SSSR count). The number of nitrogens with zero attached hydrogens (tertiary/aromatic N) is 4. The highest BCUT2D eigenvalue weighted by molar-refractivity contribution is 5.88. The van der Waals surface area contributed by atoms with E-state index < -0.39 is 5.82 Å². The first-order valence-corrected chi connectivity index (χ1v) is 8.79. The maximum absolute atomic E-state index is 13.8. The van der Waals surface area contributed by atoms with Gasteiger partial charge in [0.15, 0.2) is 17.5 Å². The molecule has 1 aliphatic heterocycles. The summed E-state index contributed by atoms with van der Waals surface area (Å²) in [5.41, 5.74) is 0. The standard InChI is InChI=1S/C18H24FN5O/c1-13(2)12-14-6-3-4-10-23(14)18(25)21-16-8-11-24(22-16)17-15(19)7-5-9-20-17/h5,7-9,11,13-14H,3-4,6,10,12H2,1-2H3,(H,21,22,25). The summed E-state index contributed by atoms with van der Waals surface area (Å²) in [5, 5.41) is 7.05. The molecule has 2 aromatic rings. The molecule has 1 aliphatic rings. The van der Waals surface area contributed by atoms with E-state index in [1.54, 1.807) is 12.3 Å². The summed E-state index contributed by atoms with van der Waals surface area (Å²) in [6.07, 6.45) is 7.32. The number of likely N-dealkylation sites (tertiary alicyclic amines) is 1. The molecular formula is C18H24FN5O. The van der Waals surface area contributed by atoms with Gasteiger partial charge in [-0.25, -0.2) is 18.9 Å². The van der Waals surface area contributed by atoms with Crippen molar-refractivity contribution in [2.45, 2.75) is 45.6 Å². The molecule has 2 amide bonds. The molecule has 7 heteroatoms. The Hall–Kier alpha value is -2.44. The second-order valence-corrected chi connectivity index (χ2v) is 6.86. The first-order chi connectivity index (χ1) is 12.0. The van der Waals surface area contributed by atoms with E-state index in [9.17, 15) is 9.18 Å². The van der Waals surface area contributed by atoms with Gasteiger partial charge in [-0.1, -0.05) is 13.8 Å². The molecular weight excluding hydrogens is 321 g/mol. The molecule has 1 N–H and O–H groups in total. The Kier molecular flexibility index (Phi) is 5.31. The number of hydrogen-bond donors (Lipinski definition) is 1. The third kappa shape index (κ3) is 4.15. The smallest absolute Gasteiger partial charge is 0.322 e. The number of hydrogen-bond acceptors (Lipinski definition) is 3. The molecule has 6 nitrogen and oxygen atoms in total. The van der Waals surface area contributed by atoms with Crippen LogP contribution in [0.5, 0.6) is 0 Å². The number of carbonyl (C=O) groups excluding carboxylic acids is 1. The van der Waals surface area contributed by atoms with E-state index in [0.29, 0.717) is 11.7 Å². The molecule has 1 saturated heterocycles. The van der Waals surface area contributed by atoms with E-state index in [4.69, 9.17) is 0 Å². The minimum atomic E-state index is -0.462. The lowest BCUT2D eigenvalue weighted by Crippen LogP contribution is -2.46. The van der Waals surface area contributed by atoms with E-state index in [0.717, 1.165) is 32.2 Å². The van der Waals surface area contributed by atoms with Crippen LogP contribution in [0.1, 0.15) is 39.5 Å². The number of pyridine rings is 1. The van der Waals surface area contributed by atoms with Crippen molar-refractivity contribution in [1.29, 1.82) is 0 Å². The molecule has 0 saturated carbocycles. The van der Waals surface area contributed by atoms with Crippen molar-refractivity contribution in [3.8, 4) is 5.82 Å². The molecule has 0 aromatic carbocycles. The molecule has 25 heavy (non-hydrogen) atoms. The van der Waals surface area contributed by atoms with Crippen LogP contribution in [-0.2, 0) is 0 Å². The van der Waals surface area contributed by atoms with Gasteiger partial charge in [0.25, 0.3) is 0 Å². The molecule has 1 unspecified atom stereocenters. The van der Waals surface area contributed by atoms with Crippen LogP contribution >= 0.6 is 0 Å². The van der Waals surface area contributed by atoms with E-state index in [1.165, 1.54) is 23.0 Å². The van der Waals surface area contributed by atoms with Gasteiger partial charge >= 0.3 is 6.03 Å². The SMILES string of the molecule is CC(C)CC1CCCCN1C(=O)Nc1ccn(-c2ncccc2F)n1. The van der Waals surface area contributed by atoms with E-state index in [-0.39, 0.29) is 17.9 Å². The summed E-state index contributed by atoms with van der Waals surface area (Å²) in [7, 11) is 0. The molecule has 0 bridgehead atoms. The highest BCUT2D eigenvalue weighted by Crippen LogP contribution is 2.23. The van der Waals surface area contributed by atoms with Crippen LogP contribution in [0.3, 0.4) is 0 Å². The number of amides is 2. The van der Waals surface area contributed by atoms with Gasteiger partial charge in [0, 0.05) is 31.0 Å². The Morgan fingerprint density at radius 3 is 3.00 bits per heavy atom. The molecule has 1 atom stereocenters.